The number of phenolic OH excluding ortho intramolecular Hbond substituents is 2. The smallest absolute Gasteiger partial charge is 0.336 e. The summed E-state index contributed by atoms with van der Waals surface area (Å²) in [6, 6.07) is 8.34. The van der Waals surface area contributed by atoms with Crippen LogP contribution < -0.4 is 42.6 Å². The van der Waals surface area contributed by atoms with E-state index in [0.717, 1.165) is 6.92 Å². The van der Waals surface area contributed by atoms with Crippen LogP contribution >= 0.6 is 0 Å². The fourth-order valence-electron chi connectivity index (χ4n) is 10.7. The Bertz CT molecular complexity index is 4040. The summed E-state index contributed by atoms with van der Waals surface area (Å²) < 4.78 is 17.5. The zero-order valence-corrected chi connectivity index (χ0v) is 47.2. The number of nitrogen functional groups attached to an aromatic ring is 1. The Hall–Kier alpha value is -10.8. The van der Waals surface area contributed by atoms with Gasteiger partial charge in [-0.25, -0.2) is 24.4 Å². The summed E-state index contributed by atoms with van der Waals surface area (Å²) in [7, 11) is 1.25. The maximum Gasteiger partial charge on any atom is 0.336 e. The fraction of sp³-hybridized carbons (Fsp3) is 0.310. The van der Waals surface area contributed by atoms with E-state index in [-0.39, 0.29) is 70.2 Å². The number of hydrogen-bond acceptors (Lipinski definition) is 23. The van der Waals surface area contributed by atoms with E-state index in [1.54, 1.807) is 0 Å². The molecule has 0 bridgehead atoms. The van der Waals surface area contributed by atoms with E-state index in [2.05, 4.69) is 46.5 Å². The van der Waals surface area contributed by atoms with Crippen LogP contribution in [0.2, 0.25) is 0 Å². The van der Waals surface area contributed by atoms with Crippen molar-refractivity contribution in [3.05, 3.63) is 138 Å². The van der Waals surface area contributed by atoms with E-state index in [1.807, 2.05) is 0 Å². The highest BCUT2D eigenvalue weighted by molar-refractivity contribution is 6.31. The van der Waals surface area contributed by atoms with E-state index in [1.165, 1.54) is 62.7 Å². The van der Waals surface area contributed by atoms with Gasteiger partial charge in [-0.1, -0.05) is 12.1 Å². The Morgan fingerprint density at radius 3 is 2.17 bits per heavy atom. The molecule has 1 fully saturated rings. The predicted molar refractivity (Wildman–Crippen MR) is 304 cm³/mol. The minimum Gasteiger partial charge on any atom is -0.507 e. The van der Waals surface area contributed by atoms with Gasteiger partial charge in [0, 0.05) is 66.7 Å². The zero-order chi connectivity index (χ0) is 64.5. The summed E-state index contributed by atoms with van der Waals surface area (Å²) in [6.07, 6.45) is -7.12. The standard InChI is InChI=1S/C58H56N10O21/c1-22-44(71)34(17-38(88-22)89-36-19-58(86,23(2)69)18-32-40(36)48(75)42-41(46(32)73)45(72)27-5-4-6-35(87-3)39(27)47(42)74)66-52(78)29-15-28(30(54(80)81)16-31(29)55(82)83)51(77)61-14-13-60-37(70)12-11-33(56(84)85)65-50(76)24-7-9-25(10-8-24)62-20-26-21-63-49-43(64-26)53(79)68-57(59)67-49/h4-10,15-16,21-22,33-34,36,38,44,62,71,73,75,86H,11-14,17-20H2,1-3H3,(H,60,70)(H,61,77)(H,65,76)(H,66,78)(H,80,81)(H,82,83)(H,84,85)(H3,59,63,67,68,79)/t22?,33-,34+,36-,38-,44?,58-/m0/s1. The number of aromatic nitrogens is 4. The number of fused-ring (bicyclic) bond motifs is 4. The Balaban J connectivity index is 0.822. The van der Waals surface area contributed by atoms with Gasteiger partial charge in [0.05, 0.1) is 82.7 Å². The molecule has 31 nitrogen and oxygen atoms in total. The van der Waals surface area contributed by atoms with Crippen molar-refractivity contribution in [1.29, 1.82) is 0 Å². The van der Waals surface area contributed by atoms with E-state index in [9.17, 15) is 88.5 Å². The highest BCUT2D eigenvalue weighted by Crippen LogP contribution is 2.52. The second-order valence-electron chi connectivity index (χ2n) is 21.0. The van der Waals surface area contributed by atoms with Gasteiger partial charge in [0.2, 0.25) is 17.6 Å². The van der Waals surface area contributed by atoms with E-state index in [4.69, 9.17) is 19.9 Å². The van der Waals surface area contributed by atoms with E-state index in [0.29, 0.717) is 23.5 Å². The molecular formula is C58H56N10O21. The Labute approximate surface area is 500 Å². The minimum atomic E-state index is -2.30. The molecule has 9 rings (SSSR count). The number of aliphatic carboxylic acids is 1. The number of benzene rings is 4. The molecule has 2 aliphatic carbocycles. The number of rotatable bonds is 21. The molecule has 15 N–H and O–H groups in total. The number of anilines is 2. The lowest BCUT2D eigenvalue weighted by atomic mass is 9.72. The number of aromatic hydroxyl groups is 2. The topological polar surface area (TPSA) is 498 Å². The number of amides is 4. The van der Waals surface area contributed by atoms with Gasteiger partial charge in [0.25, 0.3) is 23.3 Å². The molecule has 31 heteroatoms. The molecule has 464 valence electrons. The van der Waals surface area contributed by atoms with Crippen LogP contribution in [-0.4, -0.2) is 171 Å². The molecule has 0 spiro atoms. The molecule has 4 amide bonds. The maximum atomic E-state index is 14.1. The van der Waals surface area contributed by atoms with Crippen molar-refractivity contribution in [2.45, 2.75) is 94.8 Å². The summed E-state index contributed by atoms with van der Waals surface area (Å²) in [6.45, 7) is 1.82. The van der Waals surface area contributed by atoms with E-state index < -0.39 is 184 Å². The Morgan fingerprint density at radius 2 is 1.51 bits per heavy atom. The lowest BCUT2D eigenvalue weighted by Crippen LogP contribution is -2.56. The Kier molecular flexibility index (Phi) is 17.8. The molecule has 1 saturated heterocycles. The van der Waals surface area contributed by atoms with Crippen molar-refractivity contribution in [3.63, 3.8) is 0 Å². The monoisotopic (exact) mass is 1230 g/mol. The first-order valence-electron chi connectivity index (χ1n) is 27.2. The molecule has 89 heavy (non-hydrogen) atoms. The number of methoxy groups -OCH3 is 1. The van der Waals surface area contributed by atoms with Crippen LogP contribution in [0.15, 0.2) is 65.6 Å². The van der Waals surface area contributed by atoms with Gasteiger partial charge in [-0.15, -0.1) is 0 Å². The van der Waals surface area contributed by atoms with Gasteiger partial charge >= 0.3 is 17.9 Å². The van der Waals surface area contributed by atoms with Gasteiger partial charge in [-0.05, 0) is 62.7 Å². The number of carboxylic acid groups (broad SMARTS) is 3. The third kappa shape index (κ3) is 12.7. The molecule has 4 aromatic carbocycles. The molecule has 3 heterocycles. The predicted octanol–water partition coefficient (Wildman–Crippen LogP) is 0.627. The fourth-order valence-corrected chi connectivity index (χ4v) is 10.7. The number of carbonyl (C=O) groups is 10. The number of phenols is 2. The number of aromatic carboxylic acids is 2. The first-order valence-corrected chi connectivity index (χ1v) is 27.2. The molecular weight excluding hydrogens is 1170 g/mol. The summed E-state index contributed by atoms with van der Waals surface area (Å²) in [4.78, 5) is 159. The van der Waals surface area contributed by atoms with Crippen molar-refractivity contribution < 1.29 is 97.9 Å². The number of hydrogen-bond donors (Lipinski definition) is 14. The molecule has 3 aliphatic rings. The average Bonchev–Trinajstić information content (AvgIpc) is 1.44. The molecule has 0 radical (unpaired) electrons. The van der Waals surface area contributed by atoms with Crippen LogP contribution in [0, 0.1) is 0 Å². The number of aliphatic hydroxyl groups excluding tert-OH is 1. The first-order chi connectivity index (χ1) is 42.2. The number of Topliss-reactive ketones (excluding diaryl/α,β-unsaturated/α-hetero) is 1. The zero-order valence-electron chi connectivity index (χ0n) is 47.2. The summed E-state index contributed by atoms with van der Waals surface area (Å²) in [5.74, 6) is -13.3. The van der Waals surface area contributed by atoms with Crippen molar-refractivity contribution >= 4 is 81.7 Å². The molecule has 6 aromatic rings. The van der Waals surface area contributed by atoms with Crippen LogP contribution in [0.4, 0.5) is 11.6 Å². The van der Waals surface area contributed by atoms with Crippen LogP contribution in [0.5, 0.6) is 17.2 Å². The van der Waals surface area contributed by atoms with Gasteiger partial charge in [-0.3, -0.25) is 43.3 Å². The number of nitrogens with one attached hydrogen (secondary N) is 6. The summed E-state index contributed by atoms with van der Waals surface area (Å²) >= 11 is 0. The van der Waals surface area contributed by atoms with Crippen LogP contribution in [-0.2, 0) is 36.8 Å². The molecule has 2 unspecified atom stereocenters. The molecule has 0 saturated carbocycles. The van der Waals surface area contributed by atoms with Gasteiger partial charge in [0.1, 0.15) is 35.0 Å². The quantitative estimate of drug-likeness (QED) is 0.0346. The number of nitrogens with two attached hydrogens (primary N) is 1. The second-order valence-corrected chi connectivity index (χ2v) is 21.0. The summed E-state index contributed by atoms with van der Waals surface area (Å²) in [5, 5.41) is 89.4. The second kappa shape index (κ2) is 25.3. The van der Waals surface area contributed by atoms with Crippen molar-refractivity contribution in [2.24, 2.45) is 0 Å². The van der Waals surface area contributed by atoms with Crippen LogP contribution in [0.1, 0.15) is 146 Å². The normalized spacial score (nSPS) is 19.5. The lowest BCUT2D eigenvalue weighted by Gasteiger charge is -2.42. The van der Waals surface area contributed by atoms with Gasteiger partial charge in [-0.2, -0.15) is 4.98 Å². The summed E-state index contributed by atoms with van der Waals surface area (Å²) in [5.41, 5.74) is -1.72. The average molecular weight is 1230 g/mol. The minimum absolute atomic E-state index is 0.0172. The molecule has 1 aliphatic heterocycles. The number of ketones is 3. The van der Waals surface area contributed by atoms with Crippen LogP contribution in [0.25, 0.3) is 11.2 Å². The highest BCUT2D eigenvalue weighted by atomic mass is 16.7. The number of carbonyl (C=O) groups excluding carboxylic acids is 7. The van der Waals surface area contributed by atoms with E-state index >= 15 is 0 Å². The number of carboxylic acids is 3. The first kappa shape index (κ1) is 62.8. The SMILES string of the molecule is COc1cccc2c1C(=O)c1c(O)c3c(c(O)c1C2=O)C[C@@](O)(C(C)=O)C[C@@H]3O[C@H]1C[C@@H](NC(=O)c2cc(C(=O)NCCNC(=O)CC[C@H](NC(=O)c3ccc(NCc4cnc5nc(N)[nH]c(=O)c5n4)cc3)C(=O)O)c(C(=O)O)cc2C(=O)O)C(O)C(C)O1. The number of aromatic amines is 1. The number of aliphatic hydroxyl groups is 2. The van der Waals surface area contributed by atoms with Crippen molar-refractivity contribution in [2.75, 3.05) is 31.2 Å². The molecule has 2 aromatic heterocycles. The Morgan fingerprint density at radius 1 is 0.843 bits per heavy atom. The number of ether oxygens (including phenoxy) is 3. The van der Waals surface area contributed by atoms with Crippen molar-refractivity contribution in [3.8, 4) is 17.2 Å². The van der Waals surface area contributed by atoms with Gasteiger partial charge in [0.15, 0.2) is 29.0 Å². The number of H-pyrrole nitrogens is 1. The highest BCUT2D eigenvalue weighted by Gasteiger charge is 2.50. The largest absolute Gasteiger partial charge is 0.507 e. The van der Waals surface area contributed by atoms with Crippen molar-refractivity contribution in [1.82, 2.24) is 41.2 Å². The lowest BCUT2D eigenvalue weighted by molar-refractivity contribution is -0.248. The van der Waals surface area contributed by atoms with Crippen LogP contribution in [0.3, 0.4) is 0 Å². The molecule has 7 atom stereocenters. The number of nitrogens with zero attached hydrogens (tertiary/aromatic N) is 3. The third-order valence-electron chi connectivity index (χ3n) is 15.3. The van der Waals surface area contributed by atoms with Gasteiger partial charge < -0.3 is 82.3 Å². The third-order valence-corrected chi connectivity index (χ3v) is 15.3. The maximum absolute atomic E-state index is 14.1.